The zero-order valence-electron chi connectivity index (χ0n) is 35.4. The Labute approximate surface area is 323 Å². The number of rotatable bonds is 40. The highest BCUT2D eigenvalue weighted by atomic mass is 16.6. The van der Waals surface area contributed by atoms with E-state index in [4.69, 9.17) is 14.2 Å². The lowest BCUT2D eigenvalue weighted by Crippen LogP contribution is -2.30. The van der Waals surface area contributed by atoms with Crippen LogP contribution in [0.15, 0.2) is 0 Å². The summed E-state index contributed by atoms with van der Waals surface area (Å²) in [6.45, 7) is 11.2. The van der Waals surface area contributed by atoms with Crippen LogP contribution in [0.1, 0.15) is 247 Å². The third-order valence-electron chi connectivity index (χ3n) is 10.2. The lowest BCUT2D eigenvalue weighted by Gasteiger charge is -2.18. The van der Waals surface area contributed by atoms with Gasteiger partial charge in [0.1, 0.15) is 13.2 Å². The van der Waals surface area contributed by atoms with Gasteiger partial charge in [0, 0.05) is 19.3 Å². The van der Waals surface area contributed by atoms with Crippen molar-refractivity contribution in [1.29, 1.82) is 0 Å². The smallest absolute Gasteiger partial charge is 0.306 e. The van der Waals surface area contributed by atoms with Gasteiger partial charge in [0.15, 0.2) is 6.10 Å². The molecule has 0 fully saturated rings. The molecule has 1 atom stereocenters. The Hall–Kier alpha value is -1.59. The van der Waals surface area contributed by atoms with Crippen LogP contribution in [0.2, 0.25) is 0 Å². The Morgan fingerprint density at radius 1 is 0.365 bits per heavy atom. The van der Waals surface area contributed by atoms with Crippen LogP contribution in [0, 0.1) is 11.8 Å². The summed E-state index contributed by atoms with van der Waals surface area (Å²) >= 11 is 0. The first-order valence-electron chi connectivity index (χ1n) is 22.7. The third-order valence-corrected chi connectivity index (χ3v) is 10.2. The Bertz CT molecular complexity index is 794. The molecule has 0 spiro atoms. The molecular formula is C46H88O6. The first-order chi connectivity index (χ1) is 25.2. The van der Waals surface area contributed by atoms with Crippen LogP contribution < -0.4 is 0 Å². The van der Waals surface area contributed by atoms with E-state index in [1.54, 1.807) is 0 Å². The van der Waals surface area contributed by atoms with E-state index in [0.717, 1.165) is 69.6 Å². The summed E-state index contributed by atoms with van der Waals surface area (Å²) in [5, 5.41) is 0. The van der Waals surface area contributed by atoms with Crippen molar-refractivity contribution >= 4 is 17.9 Å². The van der Waals surface area contributed by atoms with Crippen molar-refractivity contribution in [3.63, 3.8) is 0 Å². The fourth-order valence-corrected chi connectivity index (χ4v) is 6.75. The van der Waals surface area contributed by atoms with E-state index in [9.17, 15) is 14.4 Å². The Morgan fingerprint density at radius 3 is 0.942 bits per heavy atom. The van der Waals surface area contributed by atoms with Crippen LogP contribution in [0.3, 0.4) is 0 Å². The fraction of sp³-hybridized carbons (Fsp3) is 0.935. The highest BCUT2D eigenvalue weighted by Gasteiger charge is 2.19. The quantitative estimate of drug-likeness (QED) is 0.0354. The molecule has 0 saturated heterocycles. The maximum Gasteiger partial charge on any atom is 0.306 e. The topological polar surface area (TPSA) is 78.9 Å². The number of hydrogen-bond acceptors (Lipinski definition) is 6. The van der Waals surface area contributed by atoms with E-state index in [0.29, 0.717) is 19.3 Å². The summed E-state index contributed by atoms with van der Waals surface area (Å²) in [4.78, 5) is 37.6. The fourth-order valence-electron chi connectivity index (χ4n) is 6.75. The number of carbonyl (C=O) groups excluding carboxylic acids is 3. The number of unbranched alkanes of at least 4 members (excludes halogenated alkanes) is 25. The number of hydrogen-bond donors (Lipinski definition) is 0. The molecule has 0 aromatic carbocycles. The largest absolute Gasteiger partial charge is 0.462 e. The molecule has 0 heterocycles. The first kappa shape index (κ1) is 50.4. The molecule has 0 aromatic rings. The van der Waals surface area contributed by atoms with Gasteiger partial charge >= 0.3 is 17.9 Å². The molecule has 0 saturated carbocycles. The second-order valence-corrected chi connectivity index (χ2v) is 16.6. The summed E-state index contributed by atoms with van der Waals surface area (Å²) in [6.07, 6.45) is 36.7. The van der Waals surface area contributed by atoms with E-state index < -0.39 is 6.10 Å². The molecule has 52 heavy (non-hydrogen) atoms. The standard InChI is InChI=1S/C46H88O6/c1-6-7-8-9-10-11-12-13-14-15-16-20-26-31-36-44(47)50-39-43(40-51-45(48)37-32-27-23-22-25-30-35-42(4)5)52-46(49)38-33-28-21-18-17-19-24-29-34-41(2)3/h41-43H,6-40H2,1-5H3/t43-/m1/s1. The van der Waals surface area contributed by atoms with Gasteiger partial charge in [-0.3, -0.25) is 14.4 Å². The second-order valence-electron chi connectivity index (χ2n) is 16.6. The summed E-state index contributed by atoms with van der Waals surface area (Å²) < 4.78 is 16.7. The minimum Gasteiger partial charge on any atom is -0.462 e. The van der Waals surface area contributed by atoms with E-state index in [-0.39, 0.29) is 31.1 Å². The van der Waals surface area contributed by atoms with Crippen molar-refractivity contribution in [3.05, 3.63) is 0 Å². The van der Waals surface area contributed by atoms with E-state index >= 15 is 0 Å². The van der Waals surface area contributed by atoms with E-state index in [1.165, 1.54) is 135 Å². The SMILES string of the molecule is CCCCCCCCCCCCCCCCC(=O)OC[C@H](COC(=O)CCCCCCCCC(C)C)OC(=O)CCCCCCCCCCC(C)C. The van der Waals surface area contributed by atoms with Gasteiger partial charge < -0.3 is 14.2 Å². The Kier molecular flexibility index (Phi) is 37.9. The van der Waals surface area contributed by atoms with Gasteiger partial charge in [-0.25, -0.2) is 0 Å². The van der Waals surface area contributed by atoms with Gasteiger partial charge in [0.25, 0.3) is 0 Å². The van der Waals surface area contributed by atoms with Crippen molar-refractivity contribution in [2.75, 3.05) is 13.2 Å². The number of esters is 3. The monoisotopic (exact) mass is 737 g/mol. The predicted molar refractivity (Wildman–Crippen MR) is 220 cm³/mol. The highest BCUT2D eigenvalue weighted by molar-refractivity contribution is 5.71. The molecule has 0 radical (unpaired) electrons. The maximum absolute atomic E-state index is 12.7. The van der Waals surface area contributed by atoms with Gasteiger partial charge in [-0.2, -0.15) is 0 Å². The Morgan fingerprint density at radius 2 is 0.635 bits per heavy atom. The van der Waals surface area contributed by atoms with Gasteiger partial charge in [0.05, 0.1) is 0 Å². The van der Waals surface area contributed by atoms with Crippen LogP contribution in [0.5, 0.6) is 0 Å². The summed E-state index contributed by atoms with van der Waals surface area (Å²) in [7, 11) is 0. The molecule has 0 aromatic heterocycles. The lowest BCUT2D eigenvalue weighted by molar-refractivity contribution is -0.167. The van der Waals surface area contributed by atoms with Crippen LogP contribution in [0.4, 0.5) is 0 Å². The van der Waals surface area contributed by atoms with Gasteiger partial charge in [-0.1, -0.05) is 208 Å². The second kappa shape index (κ2) is 39.1. The minimum absolute atomic E-state index is 0.0658. The third kappa shape index (κ3) is 39.6. The van der Waals surface area contributed by atoms with Crippen molar-refractivity contribution in [2.45, 2.75) is 253 Å². The molecule has 0 bridgehead atoms. The van der Waals surface area contributed by atoms with Crippen molar-refractivity contribution in [2.24, 2.45) is 11.8 Å². The normalized spacial score (nSPS) is 12.1. The van der Waals surface area contributed by atoms with Crippen LogP contribution in [0.25, 0.3) is 0 Å². The van der Waals surface area contributed by atoms with Gasteiger partial charge in [0.2, 0.25) is 0 Å². The van der Waals surface area contributed by atoms with Gasteiger partial charge in [-0.15, -0.1) is 0 Å². The van der Waals surface area contributed by atoms with Crippen molar-refractivity contribution in [3.8, 4) is 0 Å². The van der Waals surface area contributed by atoms with E-state index in [2.05, 4.69) is 34.6 Å². The average molecular weight is 737 g/mol. The molecule has 308 valence electrons. The lowest BCUT2D eigenvalue weighted by atomic mass is 10.0. The van der Waals surface area contributed by atoms with Crippen LogP contribution in [-0.4, -0.2) is 37.2 Å². The van der Waals surface area contributed by atoms with Crippen molar-refractivity contribution < 1.29 is 28.6 Å². The zero-order chi connectivity index (χ0) is 38.3. The molecule has 0 aliphatic heterocycles. The number of carbonyl (C=O) groups is 3. The molecule has 0 rings (SSSR count). The highest BCUT2D eigenvalue weighted by Crippen LogP contribution is 2.16. The molecule has 0 N–H and O–H groups in total. The molecule has 0 aliphatic rings. The molecular weight excluding hydrogens is 648 g/mol. The minimum atomic E-state index is -0.761. The molecule has 0 aliphatic carbocycles. The van der Waals surface area contributed by atoms with E-state index in [1.807, 2.05) is 0 Å². The summed E-state index contributed by atoms with van der Waals surface area (Å²) in [5.41, 5.74) is 0. The zero-order valence-corrected chi connectivity index (χ0v) is 35.4. The summed E-state index contributed by atoms with van der Waals surface area (Å²) in [5.74, 6) is 0.693. The number of ether oxygens (including phenoxy) is 3. The summed E-state index contributed by atoms with van der Waals surface area (Å²) in [6, 6.07) is 0. The molecule has 6 heteroatoms. The van der Waals surface area contributed by atoms with Gasteiger partial charge in [-0.05, 0) is 31.1 Å². The Balaban J connectivity index is 4.31. The molecule has 0 amide bonds. The molecule has 0 unspecified atom stereocenters. The average Bonchev–Trinajstić information content (AvgIpc) is 3.11. The first-order valence-corrected chi connectivity index (χ1v) is 22.7. The van der Waals surface area contributed by atoms with Crippen LogP contribution >= 0.6 is 0 Å². The van der Waals surface area contributed by atoms with Crippen molar-refractivity contribution in [1.82, 2.24) is 0 Å². The van der Waals surface area contributed by atoms with Crippen LogP contribution in [-0.2, 0) is 28.6 Å². The predicted octanol–water partition coefficient (Wildman–Crippen LogP) is 14.2. The maximum atomic E-state index is 12.7. The molecule has 6 nitrogen and oxygen atoms in total.